The zero-order chi connectivity index (χ0) is 103. The SMILES string of the molecule is CC(C)(C)n1cc(CN2CCC3(CC2)CC(c2ccc(C(=O)O)c[nH+]2)=NO3)c(-c2ccc(F)c(Cl)c2)n1.CC(C)(C)n1cc(CN2CCC3(CC2)CC(c2ccc(C(=O)O)c[nH+]2)=NO3)c(-c2ccc(F)c(F)c2F)n1.CCOc1cc(CN2CCC3(CC2)CC(c2ccc(C(=O)O)cc2)=NO3)c(-c2ccc(F)nc2)cc1C.CCOc1ccc(-c2nccs2)c(CN2CCC3(CC2)CC(c2ccc(C(=O)O)cn2)=NO3)c1. The van der Waals surface area contributed by atoms with E-state index in [0.717, 1.165) is 198 Å². The first kappa shape index (κ1) is 103. The van der Waals surface area contributed by atoms with Crippen LogP contribution >= 0.6 is 22.9 Å². The lowest BCUT2D eigenvalue weighted by atomic mass is 9.85. The summed E-state index contributed by atoms with van der Waals surface area (Å²) in [4.78, 5) is 96.2. The van der Waals surface area contributed by atoms with Crippen molar-refractivity contribution in [1.82, 2.24) is 54.1 Å². The van der Waals surface area contributed by atoms with Gasteiger partial charge in [-0.05, 0) is 199 Å². The number of carboxylic acids is 4. The van der Waals surface area contributed by atoms with Crippen LogP contribution in [-0.4, -0.2) is 209 Å². The number of likely N-dealkylation sites (tertiary alicyclic amines) is 4. The fourth-order valence-electron chi connectivity index (χ4n) is 19.2. The lowest BCUT2D eigenvalue weighted by molar-refractivity contribution is -0.381. The third-order valence-corrected chi connectivity index (χ3v) is 28.8. The number of rotatable bonds is 24. The molecule has 0 bridgehead atoms. The standard InChI is InChI=1S/C29H30FN3O4.C27H29ClFN5O3.C27H28F3N5O3.C25H26N4O4S/c1-3-36-26-15-23(24(14-19(26)2)22-8-9-27(30)31-17-22)18-33-12-10-29(11-13-33)16-25(32-37-29)20-4-6-21(7-5-20)28(34)35;1-26(2,3)34-16-19(24(31-34)17-4-6-21(29)20(28)12-17)15-33-10-8-27(9-11-33)13-23(32-37-27)22-7-5-18(14-30-22)25(35)36;1-26(2,3)35-15-17(24(32-35)18-5-6-19(28)23(30)22(18)29)14-34-10-8-27(9-11-34)12-21(33-38-27)20-7-4-16(13-31-20)25(36)37;1-2-32-19-4-5-20(23-26-9-12-34-23)18(13-19)16-29-10-7-25(8-11-29)14-22(28-33-25)21-6-3-17(15-27-21)24(30)31/h4-9,14-15,17H,3,10-13,16,18H2,1-2H3,(H,34,35);4-7,12,14,16H,8-11,13,15H2,1-3H3,(H,35,36);4-7,13,15H,8-12,14H2,1-3H3,(H,36,37);3-6,9,12-13,15H,2,7-8,10-11,14,16H2,1H3,(H,30,31)/p+2. The van der Waals surface area contributed by atoms with Gasteiger partial charge in [-0.2, -0.15) is 14.6 Å². The van der Waals surface area contributed by atoms with Crippen molar-refractivity contribution in [2.45, 2.75) is 199 Å². The van der Waals surface area contributed by atoms with Crippen LogP contribution in [0.3, 0.4) is 0 Å². The Morgan fingerprint density at radius 3 is 1.36 bits per heavy atom. The van der Waals surface area contributed by atoms with Crippen LogP contribution in [0, 0.1) is 36.1 Å². The minimum Gasteiger partial charge on any atom is -0.494 e. The van der Waals surface area contributed by atoms with Crippen molar-refractivity contribution in [3.63, 3.8) is 0 Å². The summed E-state index contributed by atoms with van der Waals surface area (Å²) >= 11 is 7.72. The van der Waals surface area contributed by atoms with Gasteiger partial charge in [0, 0.05) is 237 Å². The third-order valence-electron chi connectivity index (χ3n) is 27.7. The number of hydrogen-bond donors (Lipinski definition) is 4. The fraction of sp³-hybridized carbons (Fsp3) is 0.380. The molecule has 4 spiro atoms. The molecule has 12 aromatic rings. The minimum atomic E-state index is -1.51. The first-order valence-corrected chi connectivity index (χ1v) is 49.9. The van der Waals surface area contributed by atoms with Gasteiger partial charge in [0.15, 0.2) is 41.3 Å². The summed E-state index contributed by atoms with van der Waals surface area (Å²) in [6.07, 6.45) is 20.7. The van der Waals surface area contributed by atoms with Gasteiger partial charge in [-0.15, -0.1) is 11.3 Å². The number of piperidine rings is 4. The third kappa shape index (κ3) is 24.0. The highest BCUT2D eigenvalue weighted by molar-refractivity contribution is 7.13. The molecule has 31 nitrogen and oxygen atoms in total. The van der Waals surface area contributed by atoms with Crippen LogP contribution in [0.4, 0.5) is 22.0 Å². The molecule has 7 aromatic heterocycles. The van der Waals surface area contributed by atoms with Gasteiger partial charge in [0.25, 0.3) is 0 Å². The van der Waals surface area contributed by atoms with E-state index in [2.05, 4.69) is 121 Å². The number of nitrogens with one attached hydrogen (secondary N) is 2. The van der Waals surface area contributed by atoms with Crippen molar-refractivity contribution in [1.29, 1.82) is 0 Å². The molecule has 0 amide bonds. The smallest absolute Gasteiger partial charge is 0.341 e. The van der Waals surface area contributed by atoms with E-state index < -0.39 is 58.7 Å². The maximum Gasteiger partial charge on any atom is 0.341 e. The number of pyridine rings is 4. The Hall–Kier alpha value is -14.1. The van der Waals surface area contributed by atoms with Gasteiger partial charge >= 0.3 is 23.9 Å². The summed E-state index contributed by atoms with van der Waals surface area (Å²) in [7, 11) is 0. The second-order valence-corrected chi connectivity index (χ2v) is 41.3. The number of thiazole rings is 1. The van der Waals surface area contributed by atoms with Crippen molar-refractivity contribution in [2.75, 3.05) is 65.6 Å². The van der Waals surface area contributed by atoms with Crippen molar-refractivity contribution >= 4 is 69.7 Å². The largest absolute Gasteiger partial charge is 0.494 e. The molecule has 8 aliphatic rings. The summed E-state index contributed by atoms with van der Waals surface area (Å²) in [5, 5.41) is 66.2. The Bertz CT molecular complexity index is 6910. The molecule has 0 unspecified atom stereocenters. The lowest BCUT2D eigenvalue weighted by Crippen LogP contribution is -2.44. The molecule has 146 heavy (non-hydrogen) atoms. The molecule has 0 atom stereocenters. The number of halogens is 6. The molecule has 0 radical (unpaired) electrons. The highest BCUT2D eigenvalue weighted by Crippen LogP contribution is 2.45. The number of hydrogen-bond acceptors (Lipinski definition) is 24. The van der Waals surface area contributed by atoms with Crippen LogP contribution in [0.1, 0.15) is 224 Å². The number of ether oxygens (including phenoxy) is 2. The van der Waals surface area contributed by atoms with E-state index in [9.17, 15) is 41.1 Å². The highest BCUT2D eigenvalue weighted by Gasteiger charge is 2.48. The van der Waals surface area contributed by atoms with Crippen molar-refractivity contribution in [3.8, 4) is 55.7 Å². The van der Waals surface area contributed by atoms with Crippen molar-refractivity contribution < 1.29 is 100 Å². The molecule has 5 aromatic carbocycles. The molecule has 15 heterocycles. The minimum absolute atomic E-state index is 0.0716. The fourth-order valence-corrected chi connectivity index (χ4v) is 20.1. The van der Waals surface area contributed by atoms with E-state index in [-0.39, 0.29) is 60.7 Å². The average molecular weight is 2040 g/mol. The van der Waals surface area contributed by atoms with E-state index in [1.807, 2.05) is 70.1 Å². The molecule has 4 saturated heterocycles. The first-order chi connectivity index (χ1) is 69.9. The number of H-pyrrole nitrogens is 2. The van der Waals surface area contributed by atoms with E-state index in [1.54, 1.807) is 95.0 Å². The van der Waals surface area contributed by atoms with Crippen molar-refractivity contribution in [3.05, 3.63) is 289 Å². The summed E-state index contributed by atoms with van der Waals surface area (Å²) < 4.78 is 84.9. The average Bonchev–Trinajstić information content (AvgIpc) is 1.62. The monoisotopic (exact) mass is 2040 g/mol. The van der Waals surface area contributed by atoms with Crippen molar-refractivity contribution in [2.24, 2.45) is 20.6 Å². The number of oxime groups is 4. The van der Waals surface area contributed by atoms with Gasteiger partial charge < -0.3 is 49.3 Å². The van der Waals surface area contributed by atoms with Gasteiger partial charge in [0.2, 0.25) is 17.3 Å². The Morgan fingerprint density at radius 2 is 0.897 bits per heavy atom. The Kier molecular flexibility index (Phi) is 30.9. The number of aromatic carboxylic acids is 4. The predicted octanol–water partition coefficient (Wildman–Crippen LogP) is 19.1. The van der Waals surface area contributed by atoms with E-state index in [1.165, 1.54) is 48.4 Å². The van der Waals surface area contributed by atoms with Crippen LogP contribution in [0.25, 0.3) is 44.2 Å². The quantitative estimate of drug-likeness (QED) is 0.0248. The number of aromatic nitrogens is 9. The van der Waals surface area contributed by atoms with Gasteiger partial charge in [-0.1, -0.05) is 44.4 Å². The Labute approximate surface area is 849 Å². The van der Waals surface area contributed by atoms with E-state index in [4.69, 9.17) is 65.9 Å². The summed E-state index contributed by atoms with van der Waals surface area (Å²) in [6.45, 7) is 28.6. The summed E-state index contributed by atoms with van der Waals surface area (Å²) in [5.74, 6) is -7.12. The number of aryl methyl sites for hydroxylation is 1. The van der Waals surface area contributed by atoms with Crippen LogP contribution in [0.5, 0.6) is 11.5 Å². The predicted molar refractivity (Wildman–Crippen MR) is 537 cm³/mol. The molecular formula is C108H115ClF5N17O14S+2. The first-order valence-electron chi connectivity index (χ1n) is 48.6. The van der Waals surface area contributed by atoms with E-state index in [0.29, 0.717) is 95.0 Å². The Morgan fingerprint density at radius 1 is 0.445 bits per heavy atom. The molecule has 0 saturated carbocycles. The molecule has 38 heteroatoms. The van der Waals surface area contributed by atoms with Gasteiger partial charge in [0.05, 0.1) is 63.2 Å². The molecule has 4 fully saturated rings. The summed E-state index contributed by atoms with van der Waals surface area (Å²) in [6, 6.07) is 37.0. The molecule has 6 N–H and O–H groups in total. The second kappa shape index (κ2) is 43.7. The highest BCUT2D eigenvalue weighted by atomic mass is 35.5. The number of carboxylic acid groups (broad SMARTS) is 4. The van der Waals surface area contributed by atoms with Gasteiger partial charge in [-0.25, -0.2) is 56.7 Å². The van der Waals surface area contributed by atoms with E-state index >= 15 is 0 Å². The maximum atomic E-state index is 14.7. The van der Waals surface area contributed by atoms with Crippen LogP contribution < -0.4 is 19.4 Å². The molecule has 762 valence electrons. The normalized spacial score (nSPS) is 17.3. The number of carbonyl (C=O) groups is 4. The number of benzene rings is 5. The lowest BCUT2D eigenvalue weighted by Gasteiger charge is -2.37. The molecule has 20 rings (SSSR count). The van der Waals surface area contributed by atoms with Crippen LogP contribution in [0.2, 0.25) is 5.02 Å². The Balaban J connectivity index is 0.000000133. The van der Waals surface area contributed by atoms with Crippen LogP contribution in [-0.2, 0) is 56.6 Å². The zero-order valence-electron chi connectivity index (χ0n) is 82.5. The maximum absolute atomic E-state index is 14.7. The molecule has 0 aliphatic carbocycles. The second-order valence-electron chi connectivity index (χ2n) is 40.0. The van der Waals surface area contributed by atoms with Gasteiger partial charge in [0.1, 0.15) is 61.6 Å². The van der Waals surface area contributed by atoms with Crippen LogP contribution in [0.15, 0.2) is 203 Å². The van der Waals surface area contributed by atoms with Gasteiger partial charge in [-0.3, -0.25) is 33.9 Å². The number of aromatic amines is 2. The zero-order valence-corrected chi connectivity index (χ0v) is 84.0. The molecule has 8 aliphatic heterocycles. The number of nitrogens with zero attached hydrogens (tertiary/aromatic N) is 15. The molecular weight excluding hydrogens is 1920 g/mol. The summed E-state index contributed by atoms with van der Waals surface area (Å²) in [5.41, 5.74) is 15.0. The topological polar surface area (TPSA) is 370 Å².